The molecule has 3 rings (SSSR count). The Bertz CT molecular complexity index is 946. The molecular weight excluding hydrogens is 406 g/mol. The highest BCUT2D eigenvalue weighted by Gasteiger charge is 2.08. The van der Waals surface area contributed by atoms with Gasteiger partial charge in [-0.1, -0.05) is 18.2 Å². The zero-order valence-electron chi connectivity index (χ0n) is 12.5. The van der Waals surface area contributed by atoms with Gasteiger partial charge in [-0.25, -0.2) is 9.37 Å². The molecule has 1 aromatic heterocycles. The number of halogens is 2. The van der Waals surface area contributed by atoms with E-state index in [2.05, 4.69) is 27.6 Å². The summed E-state index contributed by atoms with van der Waals surface area (Å²) in [5.41, 5.74) is 1.49. The average molecular weight is 420 g/mol. The normalized spacial score (nSPS) is 11.4. The van der Waals surface area contributed by atoms with Crippen LogP contribution in [0.5, 0.6) is 0 Å². The fourth-order valence-corrected chi connectivity index (χ4v) is 2.88. The molecule has 2 aromatic carbocycles. The van der Waals surface area contributed by atoms with E-state index in [-0.39, 0.29) is 11.4 Å². The highest BCUT2D eigenvalue weighted by atomic mass is 127. The topological polar surface area (TPSA) is 34.9 Å². The zero-order chi connectivity index (χ0) is 16.4. The van der Waals surface area contributed by atoms with Crippen molar-refractivity contribution < 1.29 is 4.39 Å². The van der Waals surface area contributed by atoms with E-state index in [4.69, 9.17) is 0 Å². The summed E-state index contributed by atoms with van der Waals surface area (Å²) in [6.07, 6.45) is 3.61. The molecule has 23 heavy (non-hydrogen) atoms. The SMILES string of the molecule is CCn1c(/C=C\c2ccc(F)cc2)nc2ccc(I)cc2c1=O. The average Bonchev–Trinajstić information content (AvgIpc) is 2.55. The Kier molecular flexibility index (Phi) is 4.56. The first-order valence-electron chi connectivity index (χ1n) is 7.22. The number of benzene rings is 2. The van der Waals surface area contributed by atoms with Crippen LogP contribution in [0.25, 0.3) is 23.1 Å². The molecule has 0 fully saturated rings. The van der Waals surface area contributed by atoms with Crippen molar-refractivity contribution in [3.63, 3.8) is 0 Å². The monoisotopic (exact) mass is 420 g/mol. The molecule has 0 aliphatic rings. The quantitative estimate of drug-likeness (QED) is 0.592. The lowest BCUT2D eigenvalue weighted by atomic mass is 10.2. The second kappa shape index (κ2) is 6.62. The van der Waals surface area contributed by atoms with Crippen molar-refractivity contribution in [2.45, 2.75) is 13.5 Å². The molecule has 0 N–H and O–H groups in total. The van der Waals surface area contributed by atoms with Gasteiger partial charge < -0.3 is 0 Å². The fraction of sp³-hybridized carbons (Fsp3) is 0.111. The molecule has 3 aromatic rings. The lowest BCUT2D eigenvalue weighted by Gasteiger charge is -2.09. The van der Waals surface area contributed by atoms with Crippen molar-refractivity contribution in [2.75, 3.05) is 0 Å². The second-order valence-electron chi connectivity index (χ2n) is 5.07. The van der Waals surface area contributed by atoms with E-state index >= 15 is 0 Å². The van der Waals surface area contributed by atoms with Crippen LogP contribution in [0.15, 0.2) is 47.3 Å². The molecule has 5 heteroatoms. The Balaban J connectivity index is 2.11. The van der Waals surface area contributed by atoms with Gasteiger partial charge in [0.15, 0.2) is 0 Å². The number of aromatic nitrogens is 2. The minimum absolute atomic E-state index is 0.0465. The smallest absolute Gasteiger partial charge is 0.261 e. The lowest BCUT2D eigenvalue weighted by molar-refractivity contribution is 0.628. The van der Waals surface area contributed by atoms with Gasteiger partial charge in [-0.3, -0.25) is 9.36 Å². The Morgan fingerprint density at radius 1 is 1.17 bits per heavy atom. The fourth-order valence-electron chi connectivity index (χ4n) is 2.39. The van der Waals surface area contributed by atoms with Crippen molar-refractivity contribution in [3.8, 4) is 0 Å². The van der Waals surface area contributed by atoms with Crippen LogP contribution in [0.3, 0.4) is 0 Å². The third-order valence-electron chi connectivity index (χ3n) is 3.56. The van der Waals surface area contributed by atoms with Gasteiger partial charge >= 0.3 is 0 Å². The van der Waals surface area contributed by atoms with Crippen LogP contribution in [0.2, 0.25) is 0 Å². The molecule has 0 bridgehead atoms. The largest absolute Gasteiger partial charge is 0.293 e. The van der Waals surface area contributed by atoms with Gasteiger partial charge in [0.25, 0.3) is 5.56 Å². The number of fused-ring (bicyclic) bond motifs is 1. The van der Waals surface area contributed by atoms with Gasteiger partial charge in [0, 0.05) is 10.1 Å². The molecule has 1 heterocycles. The molecule has 116 valence electrons. The van der Waals surface area contributed by atoms with Crippen molar-refractivity contribution in [3.05, 3.63) is 73.6 Å². The van der Waals surface area contributed by atoms with Crippen LogP contribution in [0.4, 0.5) is 4.39 Å². The maximum absolute atomic E-state index is 12.9. The maximum Gasteiger partial charge on any atom is 0.261 e. The molecular formula is C18H14FIN2O. The number of hydrogen-bond donors (Lipinski definition) is 0. The van der Waals surface area contributed by atoms with Gasteiger partial charge in [-0.2, -0.15) is 0 Å². The predicted molar refractivity (Wildman–Crippen MR) is 99.7 cm³/mol. The van der Waals surface area contributed by atoms with E-state index < -0.39 is 0 Å². The summed E-state index contributed by atoms with van der Waals surface area (Å²) in [5.74, 6) is 0.321. The van der Waals surface area contributed by atoms with Crippen LogP contribution in [-0.2, 0) is 6.54 Å². The predicted octanol–water partition coefficient (Wildman–Crippen LogP) is 4.33. The lowest BCUT2D eigenvalue weighted by Crippen LogP contribution is -2.23. The summed E-state index contributed by atoms with van der Waals surface area (Å²) in [6, 6.07) is 11.8. The minimum Gasteiger partial charge on any atom is -0.293 e. The van der Waals surface area contributed by atoms with E-state index in [0.717, 1.165) is 9.13 Å². The van der Waals surface area contributed by atoms with Crippen LogP contribution in [0.1, 0.15) is 18.3 Å². The summed E-state index contributed by atoms with van der Waals surface area (Å²) in [6.45, 7) is 2.45. The second-order valence-corrected chi connectivity index (χ2v) is 6.31. The molecule has 0 saturated heterocycles. The standard InChI is InChI=1S/C18H14FIN2O/c1-2-22-17(10-5-12-3-6-13(19)7-4-12)21-16-9-8-14(20)11-15(16)18(22)23/h3-11H,2H2,1H3/b10-5-. The van der Waals surface area contributed by atoms with Gasteiger partial charge in [0.05, 0.1) is 10.9 Å². The molecule has 0 amide bonds. The first-order valence-corrected chi connectivity index (χ1v) is 8.30. The third kappa shape index (κ3) is 3.34. The number of nitrogens with zero attached hydrogens (tertiary/aromatic N) is 2. The van der Waals surface area contributed by atoms with E-state index in [9.17, 15) is 9.18 Å². The highest BCUT2D eigenvalue weighted by Crippen LogP contribution is 2.15. The number of rotatable bonds is 3. The minimum atomic E-state index is -0.272. The van der Waals surface area contributed by atoms with Crippen molar-refractivity contribution in [1.29, 1.82) is 0 Å². The summed E-state index contributed by atoms with van der Waals surface area (Å²) < 4.78 is 15.6. The van der Waals surface area contributed by atoms with Crippen molar-refractivity contribution in [2.24, 2.45) is 0 Å². The van der Waals surface area contributed by atoms with Crippen LogP contribution in [0, 0.1) is 9.39 Å². The van der Waals surface area contributed by atoms with Crippen LogP contribution < -0.4 is 5.56 Å². The Morgan fingerprint density at radius 3 is 2.61 bits per heavy atom. The van der Waals surface area contributed by atoms with E-state index in [1.165, 1.54) is 12.1 Å². The zero-order valence-corrected chi connectivity index (χ0v) is 14.6. The maximum atomic E-state index is 12.9. The summed E-state index contributed by atoms with van der Waals surface area (Å²) >= 11 is 2.18. The van der Waals surface area contributed by atoms with Gasteiger partial charge in [0.1, 0.15) is 11.6 Å². The van der Waals surface area contributed by atoms with E-state index in [1.807, 2.05) is 31.2 Å². The third-order valence-corrected chi connectivity index (χ3v) is 4.23. The van der Waals surface area contributed by atoms with Gasteiger partial charge in [0.2, 0.25) is 0 Å². The molecule has 0 saturated carbocycles. The van der Waals surface area contributed by atoms with Gasteiger partial charge in [-0.05, 0) is 71.5 Å². The van der Waals surface area contributed by atoms with Gasteiger partial charge in [-0.15, -0.1) is 0 Å². The molecule has 0 spiro atoms. The molecule has 0 aliphatic carbocycles. The summed E-state index contributed by atoms with van der Waals surface area (Å²) in [7, 11) is 0. The molecule has 0 radical (unpaired) electrons. The number of hydrogen-bond acceptors (Lipinski definition) is 2. The van der Waals surface area contributed by atoms with E-state index in [1.54, 1.807) is 22.8 Å². The molecule has 3 nitrogen and oxygen atoms in total. The van der Waals surface area contributed by atoms with E-state index in [0.29, 0.717) is 23.3 Å². The summed E-state index contributed by atoms with van der Waals surface area (Å²) in [5, 5.41) is 0.623. The van der Waals surface area contributed by atoms with Crippen molar-refractivity contribution in [1.82, 2.24) is 9.55 Å². The Hall–Kier alpha value is -2.02. The molecule has 0 atom stereocenters. The van der Waals surface area contributed by atoms with Crippen molar-refractivity contribution >= 4 is 45.6 Å². The first-order chi connectivity index (χ1) is 11.1. The molecule has 0 unspecified atom stereocenters. The molecule has 0 aliphatic heterocycles. The Labute approximate surface area is 146 Å². The summed E-state index contributed by atoms with van der Waals surface area (Å²) in [4.78, 5) is 17.2. The highest BCUT2D eigenvalue weighted by molar-refractivity contribution is 14.1. The first kappa shape index (κ1) is 15.9. The van der Waals surface area contributed by atoms with Crippen LogP contribution in [-0.4, -0.2) is 9.55 Å². The Morgan fingerprint density at radius 2 is 1.91 bits per heavy atom. The van der Waals surface area contributed by atoms with Crippen LogP contribution >= 0.6 is 22.6 Å².